The Labute approximate surface area is 196 Å². The molecule has 33 heavy (non-hydrogen) atoms. The third-order valence-electron chi connectivity index (χ3n) is 6.67. The standard InChI is InChI=1S/C26H38O7/c1-16(2)25(26(29)30)33-14-18-7-9-22-21(23(28)12-24(22)32-13-18)10-8-19(27)15-31-20-6-4-5-17(3)11-20/h4-6,8,10-11,16,18-19,21-25,27-28H,7,9,12-15H2,1-3H3,(H,29,30)/b10-8+/t18-,19-,21-,22-,23-,24+,25?/m1/s1. The molecule has 0 radical (unpaired) electrons. The van der Waals surface area contributed by atoms with E-state index in [9.17, 15) is 20.1 Å². The van der Waals surface area contributed by atoms with Crippen LogP contribution >= 0.6 is 0 Å². The highest BCUT2D eigenvalue weighted by Gasteiger charge is 2.43. The Bertz CT molecular complexity index is 793. The second-order valence-electron chi connectivity index (χ2n) is 9.78. The van der Waals surface area contributed by atoms with Gasteiger partial charge >= 0.3 is 5.97 Å². The van der Waals surface area contributed by atoms with Crippen LogP contribution in [0.1, 0.15) is 38.7 Å². The van der Waals surface area contributed by atoms with Crippen LogP contribution in [0.15, 0.2) is 36.4 Å². The zero-order valence-electron chi connectivity index (χ0n) is 19.8. The largest absolute Gasteiger partial charge is 0.491 e. The summed E-state index contributed by atoms with van der Waals surface area (Å²) in [5, 5.41) is 30.3. The summed E-state index contributed by atoms with van der Waals surface area (Å²) in [6.07, 6.45) is 3.75. The number of aliphatic carboxylic acids is 1. The van der Waals surface area contributed by atoms with E-state index in [4.69, 9.17) is 14.2 Å². The third-order valence-corrected chi connectivity index (χ3v) is 6.67. The normalized spacial score (nSPS) is 29.6. The quantitative estimate of drug-likeness (QED) is 0.459. The molecule has 0 aromatic heterocycles. The molecule has 0 bridgehead atoms. The van der Waals surface area contributed by atoms with Gasteiger partial charge in [-0.3, -0.25) is 0 Å². The highest BCUT2D eigenvalue weighted by atomic mass is 16.5. The number of carboxylic acids is 1. The van der Waals surface area contributed by atoms with Crippen molar-refractivity contribution in [3.05, 3.63) is 42.0 Å². The molecule has 1 heterocycles. The number of fused-ring (bicyclic) bond motifs is 1. The molecule has 7 atom stereocenters. The van der Waals surface area contributed by atoms with Crippen LogP contribution in [0.4, 0.5) is 0 Å². The van der Waals surface area contributed by atoms with E-state index in [1.54, 1.807) is 6.08 Å². The van der Waals surface area contributed by atoms with Gasteiger partial charge in [-0.2, -0.15) is 0 Å². The monoisotopic (exact) mass is 462 g/mol. The van der Waals surface area contributed by atoms with Crippen LogP contribution < -0.4 is 4.74 Å². The van der Waals surface area contributed by atoms with Gasteiger partial charge in [0.05, 0.1) is 25.4 Å². The summed E-state index contributed by atoms with van der Waals surface area (Å²) in [5.41, 5.74) is 1.09. The van der Waals surface area contributed by atoms with Crippen molar-refractivity contribution in [1.82, 2.24) is 0 Å². The summed E-state index contributed by atoms with van der Waals surface area (Å²) in [4.78, 5) is 11.4. The molecule has 7 nitrogen and oxygen atoms in total. The minimum absolute atomic E-state index is 0.0410. The van der Waals surface area contributed by atoms with Crippen LogP contribution in [0.3, 0.4) is 0 Å². The molecule has 184 valence electrons. The van der Waals surface area contributed by atoms with Crippen molar-refractivity contribution >= 4 is 5.97 Å². The van der Waals surface area contributed by atoms with Gasteiger partial charge in [0.1, 0.15) is 18.5 Å². The number of hydrogen-bond acceptors (Lipinski definition) is 6. The first-order valence-electron chi connectivity index (χ1n) is 11.9. The van der Waals surface area contributed by atoms with Gasteiger partial charge in [0.25, 0.3) is 0 Å². The van der Waals surface area contributed by atoms with E-state index in [0.717, 1.165) is 24.2 Å². The summed E-state index contributed by atoms with van der Waals surface area (Å²) in [7, 11) is 0. The summed E-state index contributed by atoms with van der Waals surface area (Å²) in [6, 6.07) is 7.68. The van der Waals surface area contributed by atoms with Crippen LogP contribution in [0, 0.1) is 30.6 Å². The number of hydrogen-bond donors (Lipinski definition) is 3. The lowest BCUT2D eigenvalue weighted by molar-refractivity contribution is -0.155. The maximum atomic E-state index is 11.4. The van der Waals surface area contributed by atoms with E-state index >= 15 is 0 Å². The van der Waals surface area contributed by atoms with Gasteiger partial charge in [0.15, 0.2) is 6.10 Å². The molecular weight excluding hydrogens is 424 g/mol. The van der Waals surface area contributed by atoms with Crippen molar-refractivity contribution in [2.45, 2.75) is 64.4 Å². The molecule has 1 aliphatic carbocycles. The first kappa shape index (κ1) is 25.7. The van der Waals surface area contributed by atoms with E-state index in [2.05, 4.69) is 0 Å². The second-order valence-corrected chi connectivity index (χ2v) is 9.78. The van der Waals surface area contributed by atoms with E-state index in [1.165, 1.54) is 0 Å². The van der Waals surface area contributed by atoms with Gasteiger partial charge in [0, 0.05) is 18.3 Å². The fourth-order valence-electron chi connectivity index (χ4n) is 4.83. The van der Waals surface area contributed by atoms with Crippen molar-refractivity contribution in [3.63, 3.8) is 0 Å². The van der Waals surface area contributed by atoms with Gasteiger partial charge in [-0.05, 0) is 49.3 Å². The van der Waals surface area contributed by atoms with E-state index in [-0.39, 0.29) is 36.4 Å². The highest BCUT2D eigenvalue weighted by Crippen LogP contribution is 2.41. The minimum Gasteiger partial charge on any atom is -0.491 e. The first-order chi connectivity index (χ1) is 15.7. The number of aliphatic hydroxyl groups excluding tert-OH is 2. The molecule has 1 unspecified atom stereocenters. The van der Waals surface area contributed by atoms with Gasteiger partial charge in [-0.1, -0.05) is 38.1 Å². The molecular formula is C26H38O7. The summed E-state index contributed by atoms with van der Waals surface area (Å²) < 4.78 is 17.5. The van der Waals surface area contributed by atoms with E-state index in [1.807, 2.05) is 51.1 Å². The maximum absolute atomic E-state index is 11.4. The Kier molecular flexibility index (Phi) is 9.32. The van der Waals surface area contributed by atoms with Gasteiger partial charge < -0.3 is 29.5 Å². The topological polar surface area (TPSA) is 105 Å². The number of carbonyl (C=O) groups is 1. The Morgan fingerprint density at radius 2 is 2.09 bits per heavy atom. The van der Waals surface area contributed by atoms with Crippen molar-refractivity contribution in [1.29, 1.82) is 0 Å². The average molecular weight is 463 g/mol. The predicted molar refractivity (Wildman–Crippen MR) is 124 cm³/mol. The van der Waals surface area contributed by atoms with Crippen molar-refractivity contribution in [2.24, 2.45) is 23.7 Å². The Balaban J connectivity index is 1.51. The molecule has 1 saturated heterocycles. The molecule has 0 spiro atoms. The molecule has 3 N–H and O–H groups in total. The summed E-state index contributed by atoms with van der Waals surface area (Å²) >= 11 is 0. The second kappa shape index (κ2) is 12.0. The van der Waals surface area contributed by atoms with Crippen LogP contribution in [0.2, 0.25) is 0 Å². The first-order valence-corrected chi connectivity index (χ1v) is 11.9. The molecule has 0 amide bonds. The summed E-state index contributed by atoms with van der Waals surface area (Å²) in [6.45, 7) is 6.67. The van der Waals surface area contributed by atoms with Crippen LogP contribution in [-0.4, -0.2) is 65.5 Å². The lowest BCUT2D eigenvalue weighted by atomic mass is 9.87. The average Bonchev–Trinajstić information content (AvgIpc) is 2.92. The Hall–Kier alpha value is -1.93. The zero-order chi connectivity index (χ0) is 24.0. The van der Waals surface area contributed by atoms with Crippen LogP contribution in [0.25, 0.3) is 0 Å². The molecule has 2 aliphatic rings. The van der Waals surface area contributed by atoms with Gasteiger partial charge in [-0.25, -0.2) is 4.79 Å². The predicted octanol–water partition coefficient (Wildman–Crippen LogP) is 3.21. The summed E-state index contributed by atoms with van der Waals surface area (Å²) in [5.74, 6) is -0.116. The Morgan fingerprint density at radius 1 is 1.30 bits per heavy atom. The number of aryl methyl sites for hydroxylation is 1. The fourth-order valence-corrected chi connectivity index (χ4v) is 4.83. The van der Waals surface area contributed by atoms with Gasteiger partial charge in [-0.15, -0.1) is 0 Å². The Morgan fingerprint density at radius 3 is 2.79 bits per heavy atom. The SMILES string of the molecule is Cc1cccc(OC[C@H](O)/C=C/[C@@H]2[C@H]3CC[C@@H](COC(C(=O)O)C(C)C)CO[C@H]3C[C@H]2O)c1. The highest BCUT2D eigenvalue weighted by molar-refractivity contribution is 5.72. The molecule has 1 aromatic rings. The molecule has 7 heteroatoms. The minimum atomic E-state index is -0.935. The number of benzene rings is 1. The van der Waals surface area contributed by atoms with Crippen LogP contribution in [-0.2, 0) is 14.3 Å². The fraction of sp³-hybridized carbons (Fsp3) is 0.654. The van der Waals surface area contributed by atoms with Gasteiger partial charge in [0.2, 0.25) is 0 Å². The van der Waals surface area contributed by atoms with Crippen LogP contribution in [0.5, 0.6) is 5.75 Å². The lowest BCUT2D eigenvalue weighted by Crippen LogP contribution is -2.32. The number of carboxylic acid groups (broad SMARTS) is 1. The number of aliphatic hydroxyl groups is 2. The lowest BCUT2D eigenvalue weighted by Gasteiger charge is -2.22. The zero-order valence-corrected chi connectivity index (χ0v) is 19.8. The number of ether oxygens (including phenoxy) is 3. The number of rotatable bonds is 10. The van der Waals surface area contributed by atoms with Crippen molar-refractivity contribution < 1.29 is 34.3 Å². The van der Waals surface area contributed by atoms with E-state index < -0.39 is 24.3 Å². The molecule has 2 fully saturated rings. The third kappa shape index (κ3) is 7.27. The molecule has 1 aliphatic heterocycles. The smallest absolute Gasteiger partial charge is 0.333 e. The molecule has 3 rings (SSSR count). The van der Waals surface area contributed by atoms with Crippen molar-refractivity contribution in [2.75, 3.05) is 19.8 Å². The molecule has 1 saturated carbocycles. The maximum Gasteiger partial charge on any atom is 0.333 e. The van der Waals surface area contributed by atoms with E-state index in [0.29, 0.717) is 19.6 Å². The van der Waals surface area contributed by atoms with Crippen molar-refractivity contribution in [3.8, 4) is 5.75 Å². The molecule has 1 aromatic carbocycles.